The van der Waals surface area contributed by atoms with Gasteiger partial charge in [0.25, 0.3) is 0 Å². The second-order valence-electron chi connectivity index (χ2n) is 4.13. The maximum atomic E-state index is 11.8. The van der Waals surface area contributed by atoms with Crippen LogP contribution in [0.3, 0.4) is 0 Å². The maximum Gasteiger partial charge on any atom is 0.410 e. The Labute approximate surface area is 124 Å². The number of rotatable bonds is 4. The molecule has 100 valence electrons. The number of halogens is 1. The summed E-state index contributed by atoms with van der Waals surface area (Å²) in [6, 6.07) is 11.7. The molecule has 0 radical (unpaired) electrons. The van der Waals surface area contributed by atoms with Crippen LogP contribution in [0.5, 0.6) is 0 Å². The lowest BCUT2D eigenvalue weighted by Crippen LogP contribution is -2.26. The third-order valence-electron chi connectivity index (χ3n) is 2.53. The van der Waals surface area contributed by atoms with Gasteiger partial charge in [-0.05, 0) is 27.6 Å². The predicted octanol–water partition coefficient (Wildman–Crippen LogP) is 4.28. The molecule has 0 saturated heterocycles. The molecule has 0 bridgehead atoms. The molecule has 0 N–H and O–H groups in total. The second kappa shape index (κ2) is 6.73. The molecule has 0 spiro atoms. The maximum absolute atomic E-state index is 11.8. The molecule has 0 aliphatic heterocycles. The van der Waals surface area contributed by atoms with E-state index < -0.39 is 0 Å². The van der Waals surface area contributed by atoms with Crippen LogP contribution in [0.4, 0.5) is 4.79 Å². The number of amides is 1. The minimum absolute atomic E-state index is 0.304. The highest BCUT2D eigenvalue weighted by Crippen LogP contribution is 2.21. The number of hydrogen-bond acceptors (Lipinski definition) is 3. The van der Waals surface area contributed by atoms with E-state index in [0.717, 1.165) is 14.9 Å². The van der Waals surface area contributed by atoms with Crippen molar-refractivity contribution in [3.63, 3.8) is 0 Å². The summed E-state index contributed by atoms with van der Waals surface area (Å²) in [5.74, 6) is 0. The van der Waals surface area contributed by atoms with Gasteiger partial charge in [-0.3, -0.25) is 0 Å². The smallest absolute Gasteiger partial charge is 0.410 e. The normalized spacial score (nSPS) is 10.2. The Hall–Kier alpha value is -1.33. The van der Waals surface area contributed by atoms with Crippen molar-refractivity contribution in [2.75, 3.05) is 7.05 Å². The van der Waals surface area contributed by atoms with E-state index in [1.54, 1.807) is 23.3 Å². The number of hydrogen-bond donors (Lipinski definition) is 0. The van der Waals surface area contributed by atoms with Crippen LogP contribution in [0.15, 0.2) is 46.3 Å². The van der Waals surface area contributed by atoms with Gasteiger partial charge in [0.05, 0.1) is 6.54 Å². The fourth-order valence-electron chi connectivity index (χ4n) is 1.56. The number of carbonyl (C=O) groups is 1. The minimum Gasteiger partial charge on any atom is -0.445 e. The van der Waals surface area contributed by atoms with E-state index in [1.807, 2.05) is 41.8 Å². The van der Waals surface area contributed by atoms with Crippen LogP contribution >= 0.6 is 27.3 Å². The largest absolute Gasteiger partial charge is 0.445 e. The molecule has 0 aliphatic rings. The van der Waals surface area contributed by atoms with E-state index in [4.69, 9.17) is 4.74 Å². The van der Waals surface area contributed by atoms with Gasteiger partial charge >= 0.3 is 6.09 Å². The molecule has 0 saturated carbocycles. The molecule has 3 nitrogen and oxygen atoms in total. The highest BCUT2D eigenvalue weighted by Gasteiger charge is 2.11. The summed E-state index contributed by atoms with van der Waals surface area (Å²) in [5.41, 5.74) is 0.989. The number of ether oxygens (including phenoxy) is 1. The molecule has 1 aromatic heterocycles. The van der Waals surface area contributed by atoms with Gasteiger partial charge in [-0.1, -0.05) is 30.3 Å². The summed E-state index contributed by atoms with van der Waals surface area (Å²) in [6.07, 6.45) is -0.312. The van der Waals surface area contributed by atoms with Crippen LogP contribution in [-0.4, -0.2) is 18.0 Å². The van der Waals surface area contributed by atoms with Crippen molar-refractivity contribution in [2.24, 2.45) is 0 Å². The van der Waals surface area contributed by atoms with Crippen molar-refractivity contribution in [2.45, 2.75) is 13.2 Å². The third-order valence-corrected chi connectivity index (χ3v) is 4.21. The van der Waals surface area contributed by atoms with Gasteiger partial charge in [0.15, 0.2) is 0 Å². The quantitative estimate of drug-likeness (QED) is 0.831. The van der Waals surface area contributed by atoms with E-state index >= 15 is 0 Å². The average molecular weight is 340 g/mol. The van der Waals surface area contributed by atoms with Crippen LogP contribution < -0.4 is 0 Å². The van der Waals surface area contributed by atoms with E-state index in [2.05, 4.69) is 15.9 Å². The van der Waals surface area contributed by atoms with E-state index in [9.17, 15) is 4.79 Å². The van der Waals surface area contributed by atoms with Crippen LogP contribution in [0.2, 0.25) is 0 Å². The third kappa shape index (κ3) is 4.36. The van der Waals surface area contributed by atoms with Crippen molar-refractivity contribution in [3.8, 4) is 0 Å². The van der Waals surface area contributed by atoms with Crippen LogP contribution in [-0.2, 0) is 17.9 Å². The Morgan fingerprint density at radius 2 is 2.11 bits per heavy atom. The van der Waals surface area contributed by atoms with Gasteiger partial charge < -0.3 is 9.64 Å². The van der Waals surface area contributed by atoms with Crippen molar-refractivity contribution >= 4 is 33.4 Å². The SMILES string of the molecule is CN(Cc1cc(Br)cs1)C(=O)OCc1ccccc1. The van der Waals surface area contributed by atoms with Crippen LogP contribution in [0, 0.1) is 0 Å². The number of nitrogens with zero attached hydrogens (tertiary/aromatic N) is 1. The van der Waals surface area contributed by atoms with Gasteiger partial charge in [0.2, 0.25) is 0 Å². The van der Waals surface area contributed by atoms with E-state index in [0.29, 0.717) is 13.2 Å². The Morgan fingerprint density at radius 1 is 1.37 bits per heavy atom. The van der Waals surface area contributed by atoms with Crippen molar-refractivity contribution in [3.05, 3.63) is 56.7 Å². The van der Waals surface area contributed by atoms with Crippen LogP contribution in [0.25, 0.3) is 0 Å². The van der Waals surface area contributed by atoms with Crippen molar-refractivity contribution in [1.82, 2.24) is 4.90 Å². The molecule has 5 heteroatoms. The van der Waals surface area contributed by atoms with Gasteiger partial charge in [0.1, 0.15) is 6.61 Å². The zero-order valence-electron chi connectivity index (χ0n) is 10.5. The summed E-state index contributed by atoms with van der Waals surface area (Å²) >= 11 is 5.01. The first-order valence-electron chi connectivity index (χ1n) is 5.80. The second-order valence-corrected chi connectivity index (χ2v) is 6.04. The molecule has 2 rings (SSSR count). The molecule has 0 fully saturated rings. The Kier molecular flexibility index (Phi) is 4.99. The highest BCUT2D eigenvalue weighted by molar-refractivity contribution is 9.10. The lowest BCUT2D eigenvalue weighted by Gasteiger charge is -2.16. The summed E-state index contributed by atoms with van der Waals surface area (Å²) in [5, 5.41) is 2.00. The molecule has 1 heterocycles. The fraction of sp³-hybridized carbons (Fsp3) is 0.214. The Bertz CT molecular complexity index is 541. The Morgan fingerprint density at radius 3 is 2.74 bits per heavy atom. The molecule has 2 aromatic rings. The van der Waals surface area contributed by atoms with Crippen LogP contribution in [0.1, 0.15) is 10.4 Å². The van der Waals surface area contributed by atoms with Crippen molar-refractivity contribution < 1.29 is 9.53 Å². The molecule has 1 amide bonds. The molecule has 0 unspecified atom stereocenters. The molecule has 19 heavy (non-hydrogen) atoms. The topological polar surface area (TPSA) is 29.5 Å². The monoisotopic (exact) mass is 339 g/mol. The number of carbonyl (C=O) groups excluding carboxylic acids is 1. The fourth-order valence-corrected chi connectivity index (χ4v) is 3.07. The molecular formula is C14H14BrNO2S. The number of benzene rings is 1. The predicted molar refractivity (Wildman–Crippen MR) is 80.1 cm³/mol. The Balaban J connectivity index is 1.82. The molecular weight excluding hydrogens is 326 g/mol. The lowest BCUT2D eigenvalue weighted by molar-refractivity contribution is 0.103. The average Bonchev–Trinajstić information content (AvgIpc) is 2.82. The minimum atomic E-state index is -0.312. The van der Waals surface area contributed by atoms with Gasteiger partial charge in [-0.15, -0.1) is 11.3 Å². The zero-order chi connectivity index (χ0) is 13.7. The first-order chi connectivity index (χ1) is 9.15. The summed E-state index contributed by atoms with van der Waals surface area (Å²) in [4.78, 5) is 14.5. The zero-order valence-corrected chi connectivity index (χ0v) is 12.9. The standard InChI is InChI=1S/C14H14BrNO2S/c1-16(8-13-7-12(15)10-19-13)14(17)18-9-11-5-3-2-4-6-11/h2-7,10H,8-9H2,1H3. The highest BCUT2D eigenvalue weighted by atomic mass is 79.9. The first kappa shape index (κ1) is 14.1. The number of thiophene rings is 1. The van der Waals surface area contributed by atoms with E-state index in [-0.39, 0.29) is 6.09 Å². The van der Waals surface area contributed by atoms with Gasteiger partial charge in [0, 0.05) is 21.8 Å². The van der Waals surface area contributed by atoms with Crippen molar-refractivity contribution in [1.29, 1.82) is 0 Å². The first-order valence-corrected chi connectivity index (χ1v) is 7.47. The molecule has 0 aliphatic carbocycles. The van der Waals surface area contributed by atoms with E-state index in [1.165, 1.54) is 0 Å². The van der Waals surface area contributed by atoms with Gasteiger partial charge in [-0.25, -0.2) is 4.79 Å². The summed E-state index contributed by atoms with van der Waals surface area (Å²) < 4.78 is 6.29. The molecule has 1 aromatic carbocycles. The summed E-state index contributed by atoms with van der Waals surface area (Å²) in [6.45, 7) is 0.863. The summed E-state index contributed by atoms with van der Waals surface area (Å²) in [7, 11) is 1.74. The molecule has 0 atom stereocenters. The lowest BCUT2D eigenvalue weighted by atomic mass is 10.2. The van der Waals surface area contributed by atoms with Gasteiger partial charge in [-0.2, -0.15) is 0 Å².